The summed E-state index contributed by atoms with van der Waals surface area (Å²) in [6, 6.07) is 1.16. The molecule has 0 bridgehead atoms. The van der Waals surface area contributed by atoms with E-state index in [4.69, 9.17) is 4.74 Å². The van der Waals surface area contributed by atoms with Crippen molar-refractivity contribution in [2.75, 3.05) is 19.6 Å². The molecular weight excluding hydrogens is 278 g/mol. The second-order valence-electron chi connectivity index (χ2n) is 7.05. The van der Waals surface area contributed by atoms with Gasteiger partial charge in [0.2, 0.25) is 0 Å². The number of ether oxygens (including phenoxy) is 1. The Hall–Kier alpha value is -1.07. The molecule has 0 aromatic heterocycles. The zero-order chi connectivity index (χ0) is 16.4. The molecule has 0 aromatic carbocycles. The summed E-state index contributed by atoms with van der Waals surface area (Å²) in [6.45, 7) is 10.3. The zero-order valence-electron chi connectivity index (χ0n) is 14.6. The molecule has 1 aliphatic heterocycles. The van der Waals surface area contributed by atoms with Gasteiger partial charge in [-0.15, -0.1) is 0 Å². The van der Waals surface area contributed by atoms with E-state index in [9.17, 15) is 4.79 Å². The average molecular weight is 311 g/mol. The van der Waals surface area contributed by atoms with E-state index in [1.807, 2.05) is 32.9 Å². The van der Waals surface area contributed by atoms with Crippen LogP contribution in [0.5, 0.6) is 0 Å². The van der Waals surface area contributed by atoms with Gasteiger partial charge < -0.3 is 20.7 Å². The van der Waals surface area contributed by atoms with Gasteiger partial charge in [0.05, 0.1) is 0 Å². The molecule has 5 nitrogen and oxygen atoms in total. The second-order valence-corrected chi connectivity index (χ2v) is 7.05. The Kier molecular flexibility index (Phi) is 8.49. The minimum absolute atomic E-state index is 0.373. The van der Waals surface area contributed by atoms with Crippen molar-refractivity contribution in [3.05, 3.63) is 12.2 Å². The number of hydrogen-bond acceptors (Lipinski definition) is 4. The van der Waals surface area contributed by atoms with Gasteiger partial charge in [0, 0.05) is 25.2 Å². The minimum Gasteiger partial charge on any atom is -0.444 e. The van der Waals surface area contributed by atoms with Crippen molar-refractivity contribution >= 4 is 6.09 Å². The lowest BCUT2D eigenvalue weighted by Crippen LogP contribution is -2.39. The molecule has 1 rings (SSSR count). The van der Waals surface area contributed by atoms with Crippen LogP contribution in [0.4, 0.5) is 4.79 Å². The molecule has 1 heterocycles. The third kappa shape index (κ3) is 9.79. The number of carbonyl (C=O) groups excluding carboxylic acids is 1. The Morgan fingerprint density at radius 3 is 2.68 bits per heavy atom. The van der Waals surface area contributed by atoms with E-state index in [1.165, 1.54) is 25.7 Å². The quantitative estimate of drug-likeness (QED) is 0.632. The monoisotopic (exact) mass is 311 g/mol. The third-order valence-electron chi connectivity index (χ3n) is 3.56. The average Bonchev–Trinajstić information content (AvgIpc) is 2.42. The first kappa shape index (κ1) is 19.0. The molecule has 2 unspecified atom stereocenters. The molecule has 0 spiro atoms. The fourth-order valence-electron chi connectivity index (χ4n) is 2.53. The summed E-state index contributed by atoms with van der Waals surface area (Å²) in [7, 11) is 0. The summed E-state index contributed by atoms with van der Waals surface area (Å²) in [5.74, 6) is 0. The lowest BCUT2D eigenvalue weighted by atomic mass is 9.99. The van der Waals surface area contributed by atoms with Gasteiger partial charge in [0.15, 0.2) is 0 Å². The molecule has 22 heavy (non-hydrogen) atoms. The van der Waals surface area contributed by atoms with Crippen LogP contribution in [-0.2, 0) is 4.74 Å². The highest BCUT2D eigenvalue weighted by Crippen LogP contribution is 2.11. The predicted octanol–water partition coefficient (Wildman–Crippen LogP) is 2.58. The molecule has 1 amide bonds. The number of nitrogens with one attached hydrogen (secondary N) is 3. The molecular formula is C17H33N3O2. The van der Waals surface area contributed by atoms with Crippen molar-refractivity contribution in [3.8, 4) is 0 Å². The molecule has 5 heteroatoms. The van der Waals surface area contributed by atoms with Gasteiger partial charge in [-0.2, -0.15) is 0 Å². The summed E-state index contributed by atoms with van der Waals surface area (Å²) in [5, 5.41) is 9.77. The van der Waals surface area contributed by atoms with Gasteiger partial charge in [0.25, 0.3) is 0 Å². The molecule has 3 N–H and O–H groups in total. The fraction of sp³-hybridized carbons (Fsp3) is 0.824. The molecule has 1 aliphatic rings. The first-order valence-corrected chi connectivity index (χ1v) is 8.45. The second kappa shape index (κ2) is 9.85. The Balaban J connectivity index is 2.04. The smallest absolute Gasteiger partial charge is 0.407 e. The molecule has 2 atom stereocenters. The molecule has 128 valence electrons. The molecule has 0 saturated carbocycles. The Labute approximate surface area is 135 Å². The Bertz CT molecular complexity index is 344. The number of hydrogen-bond donors (Lipinski definition) is 3. The molecule has 0 aliphatic carbocycles. The minimum atomic E-state index is -0.446. The highest BCUT2D eigenvalue weighted by molar-refractivity contribution is 5.67. The predicted molar refractivity (Wildman–Crippen MR) is 91.1 cm³/mol. The zero-order valence-corrected chi connectivity index (χ0v) is 14.6. The van der Waals surface area contributed by atoms with Crippen LogP contribution in [0.15, 0.2) is 12.2 Å². The van der Waals surface area contributed by atoms with Gasteiger partial charge in [-0.25, -0.2) is 4.79 Å². The topological polar surface area (TPSA) is 62.4 Å². The molecule has 1 saturated heterocycles. The van der Waals surface area contributed by atoms with Crippen molar-refractivity contribution in [1.82, 2.24) is 16.0 Å². The van der Waals surface area contributed by atoms with E-state index in [1.54, 1.807) is 0 Å². The Morgan fingerprint density at radius 2 is 2.05 bits per heavy atom. The normalized spacial score (nSPS) is 20.8. The van der Waals surface area contributed by atoms with Crippen LogP contribution < -0.4 is 16.0 Å². The van der Waals surface area contributed by atoms with Crippen molar-refractivity contribution in [3.63, 3.8) is 0 Å². The van der Waals surface area contributed by atoms with Gasteiger partial charge in [-0.3, -0.25) is 0 Å². The van der Waals surface area contributed by atoms with Crippen LogP contribution in [0.2, 0.25) is 0 Å². The SMILES string of the molecule is CC(CC1CCCCN1)NC/C=C/CNC(=O)OC(C)(C)C. The number of piperidine rings is 1. The summed E-state index contributed by atoms with van der Waals surface area (Å²) < 4.78 is 5.16. The van der Waals surface area contributed by atoms with Crippen LogP contribution in [0.1, 0.15) is 53.4 Å². The molecule has 1 fully saturated rings. The van der Waals surface area contributed by atoms with Crippen molar-refractivity contribution in [2.24, 2.45) is 0 Å². The summed E-state index contributed by atoms with van der Waals surface area (Å²) in [4.78, 5) is 11.4. The van der Waals surface area contributed by atoms with Gasteiger partial charge in [-0.1, -0.05) is 18.6 Å². The number of rotatable bonds is 7. The van der Waals surface area contributed by atoms with Crippen molar-refractivity contribution in [1.29, 1.82) is 0 Å². The summed E-state index contributed by atoms with van der Waals surface area (Å²) in [5.41, 5.74) is -0.446. The summed E-state index contributed by atoms with van der Waals surface area (Å²) in [6.07, 6.45) is 8.74. The first-order chi connectivity index (χ1) is 10.4. The highest BCUT2D eigenvalue weighted by Gasteiger charge is 2.15. The highest BCUT2D eigenvalue weighted by atomic mass is 16.6. The van der Waals surface area contributed by atoms with Crippen LogP contribution in [0, 0.1) is 0 Å². The van der Waals surface area contributed by atoms with Gasteiger partial charge in [0.1, 0.15) is 5.60 Å². The summed E-state index contributed by atoms with van der Waals surface area (Å²) >= 11 is 0. The third-order valence-corrected chi connectivity index (χ3v) is 3.56. The van der Waals surface area contributed by atoms with E-state index in [0.717, 1.165) is 13.1 Å². The number of carbonyl (C=O) groups is 1. The van der Waals surface area contributed by atoms with Gasteiger partial charge >= 0.3 is 6.09 Å². The number of amides is 1. The number of alkyl carbamates (subject to hydrolysis) is 1. The van der Waals surface area contributed by atoms with E-state index in [0.29, 0.717) is 18.6 Å². The fourth-order valence-corrected chi connectivity index (χ4v) is 2.53. The maximum absolute atomic E-state index is 11.4. The van der Waals surface area contributed by atoms with Crippen molar-refractivity contribution < 1.29 is 9.53 Å². The van der Waals surface area contributed by atoms with Crippen molar-refractivity contribution in [2.45, 2.75) is 71.1 Å². The van der Waals surface area contributed by atoms with Crippen LogP contribution in [0.25, 0.3) is 0 Å². The molecule has 0 radical (unpaired) electrons. The maximum atomic E-state index is 11.4. The van der Waals surface area contributed by atoms with Gasteiger partial charge in [-0.05, 0) is 53.5 Å². The van der Waals surface area contributed by atoms with Crippen LogP contribution >= 0.6 is 0 Å². The Morgan fingerprint density at radius 1 is 1.32 bits per heavy atom. The lowest BCUT2D eigenvalue weighted by Gasteiger charge is -2.26. The maximum Gasteiger partial charge on any atom is 0.407 e. The van der Waals surface area contributed by atoms with E-state index < -0.39 is 5.60 Å². The molecule has 0 aromatic rings. The lowest BCUT2D eigenvalue weighted by molar-refractivity contribution is 0.0534. The van der Waals surface area contributed by atoms with E-state index in [-0.39, 0.29) is 6.09 Å². The standard InChI is InChI=1S/C17H33N3O2/c1-14(13-15-9-5-6-11-19-15)18-10-7-8-12-20-16(21)22-17(2,3)4/h7-8,14-15,18-19H,5-6,9-13H2,1-4H3,(H,20,21)/b8-7+. The van der Waals surface area contributed by atoms with Crippen LogP contribution in [0.3, 0.4) is 0 Å². The van der Waals surface area contributed by atoms with Crippen LogP contribution in [-0.4, -0.2) is 43.4 Å². The van der Waals surface area contributed by atoms with E-state index in [2.05, 4.69) is 22.9 Å². The first-order valence-electron chi connectivity index (χ1n) is 8.45. The largest absolute Gasteiger partial charge is 0.444 e. The van der Waals surface area contributed by atoms with E-state index >= 15 is 0 Å².